The molecule has 1 aliphatic heterocycles. The molecule has 0 saturated carbocycles. The van der Waals surface area contributed by atoms with Gasteiger partial charge >= 0.3 is 5.97 Å². The summed E-state index contributed by atoms with van der Waals surface area (Å²) in [4.78, 5) is 24.6. The molecule has 1 unspecified atom stereocenters. The first kappa shape index (κ1) is 14.9. The SMILES string of the molecule is CC(C)(C)[C@H](N)C(=O)N1CCOCC1CC(=O)O. The number of nitrogens with zero attached hydrogens (tertiary/aromatic N) is 1. The van der Waals surface area contributed by atoms with Crippen molar-refractivity contribution in [3.8, 4) is 0 Å². The van der Waals surface area contributed by atoms with Crippen LogP contribution in [0.15, 0.2) is 0 Å². The zero-order chi connectivity index (χ0) is 13.9. The van der Waals surface area contributed by atoms with Gasteiger partial charge in [-0.2, -0.15) is 0 Å². The van der Waals surface area contributed by atoms with Crippen molar-refractivity contribution in [3.05, 3.63) is 0 Å². The Morgan fingerprint density at radius 3 is 2.61 bits per heavy atom. The molecule has 0 aromatic heterocycles. The van der Waals surface area contributed by atoms with Gasteiger partial charge in [0.15, 0.2) is 0 Å². The molecule has 0 aromatic rings. The largest absolute Gasteiger partial charge is 0.481 e. The van der Waals surface area contributed by atoms with E-state index < -0.39 is 18.1 Å². The van der Waals surface area contributed by atoms with Gasteiger partial charge in [0.05, 0.1) is 31.7 Å². The maximum Gasteiger partial charge on any atom is 0.305 e. The molecule has 18 heavy (non-hydrogen) atoms. The van der Waals surface area contributed by atoms with Crippen LogP contribution in [-0.4, -0.2) is 53.7 Å². The van der Waals surface area contributed by atoms with Crippen LogP contribution in [0.1, 0.15) is 27.2 Å². The molecule has 0 spiro atoms. The predicted molar refractivity (Wildman–Crippen MR) is 66.0 cm³/mol. The van der Waals surface area contributed by atoms with Crippen molar-refractivity contribution in [3.63, 3.8) is 0 Å². The molecular weight excluding hydrogens is 236 g/mol. The lowest BCUT2D eigenvalue weighted by Gasteiger charge is -2.39. The predicted octanol–water partition coefficient (Wildman–Crippen LogP) is 0.0619. The number of carboxylic acids is 1. The van der Waals surface area contributed by atoms with Gasteiger partial charge in [0, 0.05) is 6.54 Å². The highest BCUT2D eigenvalue weighted by Crippen LogP contribution is 2.21. The highest BCUT2D eigenvalue weighted by Gasteiger charge is 2.36. The minimum Gasteiger partial charge on any atom is -0.481 e. The number of ether oxygens (including phenoxy) is 1. The molecule has 6 heteroatoms. The van der Waals surface area contributed by atoms with Gasteiger partial charge in [0.1, 0.15) is 0 Å². The summed E-state index contributed by atoms with van der Waals surface area (Å²) < 4.78 is 5.23. The lowest BCUT2D eigenvalue weighted by Crippen LogP contribution is -2.57. The molecule has 1 heterocycles. The van der Waals surface area contributed by atoms with E-state index in [0.29, 0.717) is 13.2 Å². The number of aliphatic carboxylic acids is 1. The molecule has 0 bridgehead atoms. The minimum atomic E-state index is -0.937. The number of rotatable bonds is 3. The van der Waals surface area contributed by atoms with Crippen LogP contribution in [-0.2, 0) is 14.3 Å². The first-order chi connectivity index (χ1) is 8.23. The van der Waals surface area contributed by atoms with Gasteiger partial charge in [-0.25, -0.2) is 0 Å². The van der Waals surface area contributed by atoms with Crippen molar-refractivity contribution in [1.29, 1.82) is 0 Å². The summed E-state index contributed by atoms with van der Waals surface area (Å²) in [6, 6.07) is -1.05. The van der Waals surface area contributed by atoms with E-state index in [1.807, 2.05) is 20.8 Å². The second-order valence-electron chi connectivity index (χ2n) is 5.70. The average Bonchev–Trinajstić information content (AvgIpc) is 2.26. The van der Waals surface area contributed by atoms with Crippen LogP contribution >= 0.6 is 0 Å². The molecule has 6 nitrogen and oxygen atoms in total. The van der Waals surface area contributed by atoms with Crippen molar-refractivity contribution in [2.75, 3.05) is 19.8 Å². The number of amides is 1. The van der Waals surface area contributed by atoms with E-state index in [1.165, 1.54) is 0 Å². The fraction of sp³-hybridized carbons (Fsp3) is 0.833. The highest BCUT2D eigenvalue weighted by atomic mass is 16.5. The first-order valence-corrected chi connectivity index (χ1v) is 6.09. The molecule has 1 aliphatic rings. The Labute approximate surface area is 107 Å². The standard InChI is InChI=1S/C12H22N2O4/c1-12(2,3)10(13)11(17)14-4-5-18-7-8(14)6-9(15)16/h8,10H,4-7,13H2,1-3H3,(H,15,16)/t8?,10-/m1/s1. The van der Waals surface area contributed by atoms with Gasteiger partial charge in [-0.3, -0.25) is 9.59 Å². The van der Waals surface area contributed by atoms with Crippen LogP contribution < -0.4 is 5.73 Å². The Morgan fingerprint density at radius 2 is 2.11 bits per heavy atom. The minimum absolute atomic E-state index is 0.109. The number of morpholine rings is 1. The molecule has 104 valence electrons. The van der Waals surface area contributed by atoms with Crippen LogP contribution in [0.3, 0.4) is 0 Å². The number of carbonyl (C=O) groups is 2. The average molecular weight is 258 g/mol. The summed E-state index contributed by atoms with van der Waals surface area (Å²) in [6.45, 7) is 6.76. The van der Waals surface area contributed by atoms with Crippen LogP contribution in [0.5, 0.6) is 0 Å². The van der Waals surface area contributed by atoms with Gasteiger partial charge in [-0.05, 0) is 5.41 Å². The quantitative estimate of drug-likeness (QED) is 0.747. The van der Waals surface area contributed by atoms with Gasteiger partial charge in [0.2, 0.25) is 5.91 Å². The van der Waals surface area contributed by atoms with Crippen LogP contribution in [0.4, 0.5) is 0 Å². The Kier molecular flexibility index (Phi) is 4.70. The molecule has 0 aliphatic carbocycles. The molecule has 1 fully saturated rings. The van der Waals surface area contributed by atoms with Crippen LogP contribution in [0.25, 0.3) is 0 Å². The molecule has 1 amide bonds. The van der Waals surface area contributed by atoms with Crippen molar-refractivity contribution >= 4 is 11.9 Å². The molecule has 2 atom stereocenters. The zero-order valence-corrected chi connectivity index (χ0v) is 11.2. The van der Waals surface area contributed by atoms with Crippen molar-refractivity contribution in [2.45, 2.75) is 39.3 Å². The smallest absolute Gasteiger partial charge is 0.305 e. The molecule has 3 N–H and O–H groups in total. The normalized spacial score (nSPS) is 22.7. The third kappa shape index (κ3) is 3.68. The third-order valence-electron chi connectivity index (χ3n) is 3.12. The van der Waals surface area contributed by atoms with Crippen LogP contribution in [0, 0.1) is 5.41 Å². The fourth-order valence-corrected chi connectivity index (χ4v) is 1.86. The van der Waals surface area contributed by atoms with E-state index in [2.05, 4.69) is 0 Å². The van der Waals surface area contributed by atoms with Crippen LogP contribution in [0.2, 0.25) is 0 Å². The van der Waals surface area contributed by atoms with E-state index in [-0.39, 0.29) is 24.3 Å². The zero-order valence-electron chi connectivity index (χ0n) is 11.2. The lowest BCUT2D eigenvalue weighted by molar-refractivity contribution is -0.148. The summed E-state index contributed by atoms with van der Waals surface area (Å²) in [5.41, 5.74) is 5.59. The van der Waals surface area contributed by atoms with E-state index in [1.54, 1.807) is 4.90 Å². The summed E-state index contributed by atoms with van der Waals surface area (Å²) in [5.74, 6) is -1.13. The number of hydrogen-bond donors (Lipinski definition) is 2. The molecular formula is C12H22N2O4. The summed E-state index contributed by atoms with van der Waals surface area (Å²) >= 11 is 0. The summed E-state index contributed by atoms with van der Waals surface area (Å²) in [7, 11) is 0. The third-order valence-corrected chi connectivity index (χ3v) is 3.12. The van der Waals surface area contributed by atoms with E-state index in [0.717, 1.165) is 0 Å². The van der Waals surface area contributed by atoms with E-state index >= 15 is 0 Å². The Balaban J connectivity index is 2.77. The van der Waals surface area contributed by atoms with Gasteiger partial charge in [0.25, 0.3) is 0 Å². The first-order valence-electron chi connectivity index (χ1n) is 6.09. The van der Waals surface area contributed by atoms with E-state index in [4.69, 9.17) is 15.6 Å². The fourth-order valence-electron chi connectivity index (χ4n) is 1.86. The number of carbonyl (C=O) groups excluding carboxylic acids is 1. The van der Waals surface area contributed by atoms with Gasteiger partial charge < -0.3 is 20.5 Å². The second-order valence-corrected chi connectivity index (χ2v) is 5.70. The monoisotopic (exact) mass is 258 g/mol. The molecule has 0 aromatic carbocycles. The van der Waals surface area contributed by atoms with Crippen molar-refractivity contribution in [2.24, 2.45) is 11.1 Å². The maximum absolute atomic E-state index is 12.3. The Bertz CT molecular complexity index is 325. The molecule has 1 saturated heterocycles. The Hall–Kier alpha value is -1.14. The second kappa shape index (κ2) is 5.67. The Morgan fingerprint density at radius 1 is 1.50 bits per heavy atom. The lowest BCUT2D eigenvalue weighted by atomic mass is 9.86. The highest BCUT2D eigenvalue weighted by molar-refractivity contribution is 5.83. The number of carboxylic acid groups (broad SMARTS) is 1. The summed E-state index contributed by atoms with van der Waals surface area (Å²) in [5, 5.41) is 8.84. The maximum atomic E-state index is 12.3. The van der Waals surface area contributed by atoms with E-state index in [9.17, 15) is 9.59 Å². The van der Waals surface area contributed by atoms with Gasteiger partial charge in [-0.15, -0.1) is 0 Å². The molecule has 0 radical (unpaired) electrons. The van der Waals surface area contributed by atoms with Gasteiger partial charge in [-0.1, -0.05) is 20.8 Å². The number of hydrogen-bond acceptors (Lipinski definition) is 4. The molecule has 1 rings (SSSR count). The topological polar surface area (TPSA) is 92.9 Å². The van der Waals surface area contributed by atoms with Crippen molar-refractivity contribution in [1.82, 2.24) is 4.90 Å². The summed E-state index contributed by atoms with van der Waals surface area (Å²) in [6.07, 6.45) is -0.109. The van der Waals surface area contributed by atoms with Crippen molar-refractivity contribution < 1.29 is 19.4 Å². The number of nitrogens with two attached hydrogens (primary N) is 1.